The van der Waals surface area contributed by atoms with Gasteiger partial charge in [0.2, 0.25) is 10.0 Å². The number of unbranched alkanes of at least 4 members (excludes halogenated alkanes) is 1. The molecule has 2 aromatic heterocycles. The second-order valence-electron chi connectivity index (χ2n) is 5.04. The minimum atomic E-state index is -3.71. The molecule has 2 aromatic rings. The first-order valence-corrected chi connectivity index (χ1v) is 8.28. The average Bonchev–Trinajstić information content (AvgIpc) is 2.49. The minimum absolute atomic E-state index is 0.0621. The number of pyridine rings is 1. The Bertz CT molecular complexity index is 914. The number of hydrogen-bond acceptors (Lipinski definition) is 5. The van der Waals surface area contributed by atoms with E-state index in [1.807, 2.05) is 6.92 Å². The van der Waals surface area contributed by atoms with E-state index in [9.17, 15) is 18.0 Å². The molecular weight excluding hydrogens is 308 g/mol. The highest BCUT2D eigenvalue weighted by molar-refractivity contribution is 7.89. The van der Waals surface area contributed by atoms with Crippen LogP contribution in [0.15, 0.2) is 26.7 Å². The highest BCUT2D eigenvalue weighted by atomic mass is 32.2. The Kier molecular flexibility index (Phi) is 4.47. The summed E-state index contributed by atoms with van der Waals surface area (Å²) in [6.07, 6.45) is 2.78. The van der Waals surface area contributed by atoms with Gasteiger partial charge < -0.3 is 0 Å². The second kappa shape index (κ2) is 6.01. The summed E-state index contributed by atoms with van der Waals surface area (Å²) in [5.74, 6) is 0. The number of fused-ring (bicyclic) bond motifs is 1. The number of nitrogens with zero attached hydrogens (tertiary/aromatic N) is 3. The zero-order chi connectivity index (χ0) is 16.5. The summed E-state index contributed by atoms with van der Waals surface area (Å²) in [7, 11) is -0.772. The van der Waals surface area contributed by atoms with Gasteiger partial charge in [-0.05, 0) is 12.5 Å². The zero-order valence-electron chi connectivity index (χ0n) is 12.7. The van der Waals surface area contributed by atoms with Crippen LogP contribution >= 0.6 is 0 Å². The van der Waals surface area contributed by atoms with Gasteiger partial charge in [-0.3, -0.25) is 14.3 Å². The average molecular weight is 326 g/mol. The number of aromatic nitrogens is 3. The van der Waals surface area contributed by atoms with Gasteiger partial charge in [-0.15, -0.1) is 0 Å². The topological polar surface area (TPSA) is 105 Å². The summed E-state index contributed by atoms with van der Waals surface area (Å²) >= 11 is 0. The minimum Gasteiger partial charge on any atom is -0.281 e. The molecular formula is C13H18N4O4S. The van der Waals surface area contributed by atoms with Crippen molar-refractivity contribution in [1.82, 2.24) is 18.8 Å². The summed E-state index contributed by atoms with van der Waals surface area (Å²) in [5.41, 5.74) is -1.11. The maximum Gasteiger partial charge on any atom is 0.329 e. The van der Waals surface area contributed by atoms with Crippen molar-refractivity contribution in [2.24, 2.45) is 7.05 Å². The van der Waals surface area contributed by atoms with Gasteiger partial charge in [-0.1, -0.05) is 13.3 Å². The van der Waals surface area contributed by atoms with E-state index in [0.29, 0.717) is 6.54 Å². The molecule has 0 spiro atoms. The van der Waals surface area contributed by atoms with Crippen molar-refractivity contribution in [3.63, 3.8) is 0 Å². The van der Waals surface area contributed by atoms with Crippen LogP contribution in [0.1, 0.15) is 19.8 Å². The van der Waals surface area contributed by atoms with E-state index in [1.165, 1.54) is 30.7 Å². The molecule has 0 bridgehead atoms. The molecule has 0 amide bonds. The number of sulfonamides is 1. The molecule has 0 aromatic carbocycles. The predicted octanol–water partition coefficient (Wildman–Crippen LogP) is 0.0424. The number of nitrogens with one attached hydrogen (secondary N) is 1. The fraction of sp³-hybridized carbons (Fsp3) is 0.462. The fourth-order valence-electron chi connectivity index (χ4n) is 2.04. The highest BCUT2D eigenvalue weighted by Crippen LogP contribution is 2.16. The first-order chi connectivity index (χ1) is 10.3. The van der Waals surface area contributed by atoms with E-state index in [0.717, 1.165) is 17.4 Å². The van der Waals surface area contributed by atoms with Gasteiger partial charge >= 0.3 is 5.69 Å². The molecule has 0 unspecified atom stereocenters. The van der Waals surface area contributed by atoms with Crippen LogP contribution in [0.3, 0.4) is 0 Å². The van der Waals surface area contributed by atoms with Crippen LogP contribution in [0.2, 0.25) is 0 Å². The Balaban J connectivity index is 2.59. The van der Waals surface area contributed by atoms with Gasteiger partial charge in [-0.2, -0.15) is 0 Å². The highest BCUT2D eigenvalue weighted by Gasteiger charge is 2.22. The molecule has 120 valence electrons. The number of aromatic amines is 1. The molecule has 0 saturated carbocycles. The molecule has 0 radical (unpaired) electrons. The standard InChI is InChI=1S/C13H18N4O4S/c1-4-5-6-16(2)22(20,21)9-7-10-11(14-8-9)17(3)13(19)15-12(10)18/h7-8H,4-6H2,1-3H3,(H,15,18,19). The predicted molar refractivity (Wildman–Crippen MR) is 82.3 cm³/mol. The molecule has 1 N–H and O–H groups in total. The monoisotopic (exact) mass is 326 g/mol. The lowest BCUT2D eigenvalue weighted by Crippen LogP contribution is -2.30. The van der Waals surface area contributed by atoms with Crippen molar-refractivity contribution in [3.05, 3.63) is 33.1 Å². The summed E-state index contributed by atoms with van der Waals surface area (Å²) in [4.78, 5) is 29.4. The number of aryl methyl sites for hydroxylation is 1. The molecule has 22 heavy (non-hydrogen) atoms. The third-order valence-corrected chi connectivity index (χ3v) is 5.29. The Hall–Kier alpha value is -2.00. The van der Waals surface area contributed by atoms with E-state index in [1.54, 1.807) is 0 Å². The first-order valence-electron chi connectivity index (χ1n) is 6.84. The van der Waals surface area contributed by atoms with Gasteiger partial charge in [0.05, 0.1) is 5.39 Å². The van der Waals surface area contributed by atoms with Crippen LogP contribution in [-0.2, 0) is 17.1 Å². The third-order valence-electron chi connectivity index (χ3n) is 3.46. The molecule has 9 heteroatoms. The van der Waals surface area contributed by atoms with Crippen LogP contribution in [0.5, 0.6) is 0 Å². The quantitative estimate of drug-likeness (QED) is 0.835. The lowest BCUT2D eigenvalue weighted by Gasteiger charge is -2.16. The molecule has 0 fully saturated rings. The summed E-state index contributed by atoms with van der Waals surface area (Å²) in [5, 5.41) is 0.0621. The van der Waals surface area contributed by atoms with Crippen molar-refractivity contribution >= 4 is 21.1 Å². The van der Waals surface area contributed by atoms with E-state index < -0.39 is 21.3 Å². The van der Waals surface area contributed by atoms with Crippen LogP contribution < -0.4 is 11.2 Å². The fourth-order valence-corrected chi connectivity index (χ4v) is 3.22. The molecule has 8 nitrogen and oxygen atoms in total. The van der Waals surface area contributed by atoms with E-state index in [2.05, 4.69) is 9.97 Å². The van der Waals surface area contributed by atoms with Gasteiger partial charge in [0, 0.05) is 26.8 Å². The largest absolute Gasteiger partial charge is 0.329 e. The van der Waals surface area contributed by atoms with Gasteiger partial charge in [-0.25, -0.2) is 22.5 Å². The van der Waals surface area contributed by atoms with Crippen molar-refractivity contribution in [2.45, 2.75) is 24.7 Å². The SMILES string of the molecule is CCCCN(C)S(=O)(=O)c1cnc2c(c1)c(=O)[nH]c(=O)n2C. The van der Waals surface area contributed by atoms with Crippen LogP contribution in [0.4, 0.5) is 0 Å². The van der Waals surface area contributed by atoms with Crippen molar-refractivity contribution < 1.29 is 8.42 Å². The Labute approximate surface area is 127 Å². The number of rotatable bonds is 5. The second-order valence-corrected chi connectivity index (χ2v) is 7.09. The van der Waals surface area contributed by atoms with Crippen LogP contribution in [0.25, 0.3) is 11.0 Å². The van der Waals surface area contributed by atoms with E-state index in [-0.39, 0.29) is 15.9 Å². The first kappa shape index (κ1) is 16.4. The Morgan fingerprint density at radius 2 is 2.05 bits per heavy atom. The van der Waals surface area contributed by atoms with Crippen molar-refractivity contribution in [1.29, 1.82) is 0 Å². The van der Waals surface area contributed by atoms with Crippen LogP contribution in [0, 0.1) is 0 Å². The molecule has 0 aliphatic carbocycles. The third kappa shape index (κ3) is 2.81. The normalized spacial score (nSPS) is 12.2. The molecule has 0 aliphatic heterocycles. The van der Waals surface area contributed by atoms with Crippen molar-refractivity contribution in [2.75, 3.05) is 13.6 Å². The van der Waals surface area contributed by atoms with Gasteiger partial charge in [0.1, 0.15) is 10.5 Å². The number of H-pyrrole nitrogens is 1. The Morgan fingerprint density at radius 1 is 1.36 bits per heavy atom. The molecule has 0 aliphatic rings. The smallest absolute Gasteiger partial charge is 0.281 e. The molecule has 2 rings (SSSR count). The Morgan fingerprint density at radius 3 is 2.68 bits per heavy atom. The molecule has 2 heterocycles. The van der Waals surface area contributed by atoms with Crippen molar-refractivity contribution in [3.8, 4) is 0 Å². The lowest BCUT2D eigenvalue weighted by atomic mass is 10.3. The van der Waals surface area contributed by atoms with E-state index >= 15 is 0 Å². The molecule has 0 atom stereocenters. The summed E-state index contributed by atoms with van der Waals surface area (Å²) in [6, 6.07) is 1.25. The van der Waals surface area contributed by atoms with Gasteiger partial charge in [0.25, 0.3) is 5.56 Å². The summed E-state index contributed by atoms with van der Waals surface area (Å²) in [6.45, 7) is 2.36. The summed E-state index contributed by atoms with van der Waals surface area (Å²) < 4.78 is 27.3. The number of hydrogen-bond donors (Lipinski definition) is 1. The van der Waals surface area contributed by atoms with Gasteiger partial charge in [0.15, 0.2) is 0 Å². The molecule has 0 saturated heterocycles. The maximum atomic E-state index is 12.5. The van der Waals surface area contributed by atoms with Crippen LogP contribution in [-0.4, -0.2) is 40.9 Å². The van der Waals surface area contributed by atoms with E-state index in [4.69, 9.17) is 0 Å². The maximum absolute atomic E-state index is 12.5. The lowest BCUT2D eigenvalue weighted by molar-refractivity contribution is 0.459. The zero-order valence-corrected chi connectivity index (χ0v) is 13.5.